The van der Waals surface area contributed by atoms with Crippen molar-refractivity contribution in [3.63, 3.8) is 0 Å². The second-order valence-corrected chi connectivity index (χ2v) is 10.4. The summed E-state index contributed by atoms with van der Waals surface area (Å²) in [6, 6.07) is 30.0. The van der Waals surface area contributed by atoms with E-state index in [9.17, 15) is 9.59 Å². The van der Waals surface area contributed by atoms with Gasteiger partial charge in [-0.3, -0.25) is 9.59 Å². The number of anilines is 1. The molecule has 198 valence electrons. The first kappa shape index (κ1) is 26.2. The minimum Gasteiger partial charge on any atom is -0.367 e. The molecule has 2 amide bonds. The third-order valence-electron chi connectivity index (χ3n) is 7.61. The topological polar surface area (TPSA) is 75.4 Å². The molecule has 0 bridgehead atoms. The number of carbonyl (C=O) groups excluding carboxylic acids is 2. The summed E-state index contributed by atoms with van der Waals surface area (Å²) < 4.78 is 0. The van der Waals surface area contributed by atoms with E-state index in [0.717, 1.165) is 54.6 Å². The average molecular weight is 518 g/mol. The second kappa shape index (κ2) is 11.6. The predicted molar refractivity (Wildman–Crippen MR) is 158 cm³/mol. The number of hydrogen-bond donors (Lipinski definition) is 2. The molecule has 5 rings (SSSR count). The maximum absolute atomic E-state index is 13.2. The van der Waals surface area contributed by atoms with Gasteiger partial charge in [-0.2, -0.15) is 0 Å². The summed E-state index contributed by atoms with van der Waals surface area (Å²) in [6.07, 6.45) is 3.12. The van der Waals surface area contributed by atoms with Crippen molar-refractivity contribution >= 4 is 17.5 Å². The summed E-state index contributed by atoms with van der Waals surface area (Å²) in [6.45, 7) is 5.79. The van der Waals surface area contributed by atoms with Crippen LogP contribution in [-0.4, -0.2) is 18.4 Å². The number of nitrogens with one attached hydrogen (secondary N) is 1. The zero-order valence-electron chi connectivity index (χ0n) is 22.6. The zero-order chi connectivity index (χ0) is 27.4. The number of hydrogen-bond acceptors (Lipinski definition) is 3. The monoisotopic (exact) mass is 517 g/mol. The number of aryl methyl sites for hydroxylation is 2. The molecule has 4 aromatic rings. The number of primary amides is 1. The molecule has 0 fully saturated rings. The highest BCUT2D eigenvalue weighted by Gasteiger charge is 2.20. The summed E-state index contributed by atoms with van der Waals surface area (Å²) in [7, 11) is 0. The third kappa shape index (κ3) is 5.88. The van der Waals surface area contributed by atoms with Gasteiger partial charge in [-0.05, 0) is 96.8 Å². The molecule has 0 aromatic heterocycles. The van der Waals surface area contributed by atoms with Crippen LogP contribution in [0.25, 0.3) is 11.1 Å². The van der Waals surface area contributed by atoms with Crippen molar-refractivity contribution in [2.24, 2.45) is 5.73 Å². The molecule has 4 aromatic carbocycles. The molecular formula is C34H35N3O2. The molecule has 0 saturated heterocycles. The second-order valence-electron chi connectivity index (χ2n) is 10.4. The van der Waals surface area contributed by atoms with Gasteiger partial charge >= 0.3 is 0 Å². The van der Waals surface area contributed by atoms with E-state index in [1.54, 1.807) is 6.07 Å². The molecule has 5 nitrogen and oxygen atoms in total. The van der Waals surface area contributed by atoms with E-state index in [1.165, 1.54) is 16.8 Å². The normalized spacial score (nSPS) is 13.7. The Morgan fingerprint density at radius 3 is 2.54 bits per heavy atom. The van der Waals surface area contributed by atoms with Crippen molar-refractivity contribution in [2.45, 2.75) is 45.7 Å². The Kier molecular flexibility index (Phi) is 7.78. The number of benzene rings is 4. The van der Waals surface area contributed by atoms with Crippen molar-refractivity contribution in [1.82, 2.24) is 5.32 Å². The van der Waals surface area contributed by atoms with Gasteiger partial charge in [0.1, 0.15) is 0 Å². The highest BCUT2D eigenvalue weighted by atomic mass is 16.2. The van der Waals surface area contributed by atoms with Gasteiger partial charge in [0.15, 0.2) is 0 Å². The number of rotatable bonds is 7. The van der Waals surface area contributed by atoms with Crippen LogP contribution in [-0.2, 0) is 13.0 Å². The van der Waals surface area contributed by atoms with Crippen LogP contribution in [0, 0.1) is 6.92 Å². The lowest BCUT2D eigenvalue weighted by atomic mass is 9.97. The molecule has 0 spiro atoms. The largest absolute Gasteiger partial charge is 0.367 e. The molecule has 1 heterocycles. The fraction of sp³-hybridized carbons (Fsp3) is 0.235. The highest BCUT2D eigenvalue weighted by Crippen LogP contribution is 2.31. The van der Waals surface area contributed by atoms with Crippen LogP contribution in [0.1, 0.15) is 68.8 Å². The molecule has 1 aliphatic rings. The van der Waals surface area contributed by atoms with Gasteiger partial charge < -0.3 is 16.0 Å². The van der Waals surface area contributed by atoms with Crippen LogP contribution in [0.3, 0.4) is 0 Å². The van der Waals surface area contributed by atoms with Crippen molar-refractivity contribution in [2.75, 3.05) is 11.4 Å². The van der Waals surface area contributed by atoms with Crippen LogP contribution >= 0.6 is 0 Å². The summed E-state index contributed by atoms with van der Waals surface area (Å²) in [5, 5.41) is 3.18. The Bertz CT molecular complexity index is 1510. The number of carbonyl (C=O) groups is 2. The minimum atomic E-state index is -0.425. The van der Waals surface area contributed by atoms with Crippen LogP contribution in [0.4, 0.5) is 5.69 Å². The van der Waals surface area contributed by atoms with E-state index in [0.29, 0.717) is 11.1 Å². The number of amides is 2. The van der Waals surface area contributed by atoms with E-state index >= 15 is 0 Å². The average Bonchev–Trinajstić information content (AvgIpc) is 3.15. The van der Waals surface area contributed by atoms with E-state index in [-0.39, 0.29) is 11.9 Å². The molecule has 0 saturated carbocycles. The van der Waals surface area contributed by atoms with Crippen LogP contribution < -0.4 is 16.0 Å². The fourth-order valence-corrected chi connectivity index (χ4v) is 5.58. The molecule has 1 aliphatic heterocycles. The van der Waals surface area contributed by atoms with E-state index < -0.39 is 5.91 Å². The predicted octanol–water partition coefficient (Wildman–Crippen LogP) is 6.59. The summed E-state index contributed by atoms with van der Waals surface area (Å²) in [5.74, 6) is -0.476. The summed E-state index contributed by atoms with van der Waals surface area (Å²) >= 11 is 0. The first-order chi connectivity index (χ1) is 18.9. The van der Waals surface area contributed by atoms with Gasteiger partial charge in [0.2, 0.25) is 5.91 Å². The standard InChI is InChI=1S/C34H35N3O2/c1-23-10-3-4-14-29(23)24(2)36-34(39)28-17-18-32-27(21-28)12-7-8-19-37(32)22-25-11-9-13-26(20-25)30-15-5-6-16-31(30)33(35)38/h3-6,9-11,13-18,20-21,24H,7-8,12,19,22H2,1-2H3,(H2,35,38)(H,36,39)/t24-/m0/s1. The first-order valence-corrected chi connectivity index (χ1v) is 13.6. The molecule has 0 unspecified atom stereocenters. The van der Waals surface area contributed by atoms with Crippen molar-refractivity contribution in [1.29, 1.82) is 0 Å². The molecule has 0 aliphatic carbocycles. The Labute approximate surface area is 230 Å². The van der Waals surface area contributed by atoms with E-state index in [1.807, 2.05) is 55.5 Å². The lowest BCUT2D eigenvalue weighted by molar-refractivity contribution is 0.0938. The zero-order valence-corrected chi connectivity index (χ0v) is 22.6. The van der Waals surface area contributed by atoms with Crippen molar-refractivity contribution in [3.05, 3.63) is 124 Å². The summed E-state index contributed by atoms with van der Waals surface area (Å²) in [4.78, 5) is 27.6. The first-order valence-electron chi connectivity index (χ1n) is 13.6. The molecular weight excluding hydrogens is 482 g/mol. The smallest absolute Gasteiger partial charge is 0.251 e. The van der Waals surface area contributed by atoms with E-state index in [2.05, 4.69) is 53.5 Å². The minimum absolute atomic E-state index is 0.0508. The lowest BCUT2D eigenvalue weighted by Gasteiger charge is -2.26. The Hall–Kier alpha value is -4.38. The summed E-state index contributed by atoms with van der Waals surface area (Å²) in [5.41, 5.74) is 14.5. The maximum atomic E-state index is 13.2. The van der Waals surface area contributed by atoms with Crippen molar-refractivity contribution in [3.8, 4) is 11.1 Å². The highest BCUT2D eigenvalue weighted by molar-refractivity contribution is 5.99. The van der Waals surface area contributed by atoms with Gasteiger partial charge in [0.05, 0.1) is 6.04 Å². The van der Waals surface area contributed by atoms with E-state index in [4.69, 9.17) is 5.73 Å². The van der Waals surface area contributed by atoms with Crippen LogP contribution in [0.2, 0.25) is 0 Å². The SMILES string of the molecule is Cc1ccccc1[C@H](C)NC(=O)c1ccc2c(c1)CCCCN2Cc1cccc(-c2ccccc2C(N)=O)c1. The number of nitrogens with two attached hydrogens (primary N) is 1. The fourth-order valence-electron chi connectivity index (χ4n) is 5.58. The van der Waals surface area contributed by atoms with Gasteiger partial charge in [-0.25, -0.2) is 0 Å². The van der Waals surface area contributed by atoms with Gasteiger partial charge in [-0.1, -0.05) is 60.7 Å². The Balaban J connectivity index is 1.36. The third-order valence-corrected chi connectivity index (χ3v) is 7.61. The van der Waals surface area contributed by atoms with Gasteiger partial charge in [0.25, 0.3) is 5.91 Å². The number of nitrogens with zero attached hydrogens (tertiary/aromatic N) is 1. The molecule has 5 heteroatoms. The quantitative estimate of drug-likeness (QED) is 0.290. The number of fused-ring (bicyclic) bond motifs is 1. The van der Waals surface area contributed by atoms with Gasteiger partial charge in [-0.15, -0.1) is 0 Å². The molecule has 3 N–H and O–H groups in total. The Morgan fingerprint density at radius 2 is 1.72 bits per heavy atom. The Morgan fingerprint density at radius 1 is 0.923 bits per heavy atom. The van der Waals surface area contributed by atoms with Crippen LogP contribution in [0.15, 0.2) is 91.0 Å². The lowest BCUT2D eigenvalue weighted by Crippen LogP contribution is -2.27. The van der Waals surface area contributed by atoms with Gasteiger partial charge in [0, 0.05) is 29.9 Å². The molecule has 39 heavy (non-hydrogen) atoms. The van der Waals surface area contributed by atoms with Crippen molar-refractivity contribution < 1.29 is 9.59 Å². The van der Waals surface area contributed by atoms with Crippen LogP contribution in [0.5, 0.6) is 0 Å². The molecule has 0 radical (unpaired) electrons. The molecule has 1 atom stereocenters. The maximum Gasteiger partial charge on any atom is 0.251 e.